The zero-order valence-electron chi connectivity index (χ0n) is 16.7. The summed E-state index contributed by atoms with van der Waals surface area (Å²) in [5.41, 5.74) is 7.27. The predicted molar refractivity (Wildman–Crippen MR) is 109 cm³/mol. The average molecular weight is 382 g/mol. The minimum atomic E-state index is -0.373. The van der Waals surface area contributed by atoms with E-state index in [2.05, 4.69) is 22.7 Å². The number of carbonyl (C=O) groups excluding carboxylic acids is 2. The number of amides is 1. The number of esters is 1. The SMILES string of the molecule is CCCOC(=O)c1ccc(OCC(=O)N/N=C/c2c(C)cc(C)cc2C)cc1. The number of nitrogens with one attached hydrogen (secondary N) is 1. The van der Waals surface area contributed by atoms with Crippen LogP contribution in [0.2, 0.25) is 0 Å². The smallest absolute Gasteiger partial charge is 0.338 e. The van der Waals surface area contributed by atoms with Crippen LogP contribution in [0.15, 0.2) is 41.5 Å². The third-order valence-corrected chi connectivity index (χ3v) is 4.02. The Morgan fingerprint density at radius 2 is 1.71 bits per heavy atom. The molecule has 0 unspecified atom stereocenters. The Morgan fingerprint density at radius 3 is 2.32 bits per heavy atom. The number of rotatable bonds is 8. The van der Waals surface area contributed by atoms with Crippen LogP contribution < -0.4 is 10.2 Å². The molecule has 0 fully saturated rings. The van der Waals surface area contributed by atoms with Gasteiger partial charge in [-0.2, -0.15) is 5.10 Å². The fourth-order valence-electron chi connectivity index (χ4n) is 2.71. The fourth-order valence-corrected chi connectivity index (χ4v) is 2.71. The molecule has 6 nitrogen and oxygen atoms in total. The molecule has 0 aliphatic heterocycles. The highest BCUT2D eigenvalue weighted by Gasteiger charge is 2.07. The molecule has 1 amide bonds. The highest BCUT2D eigenvalue weighted by molar-refractivity contribution is 5.89. The number of aryl methyl sites for hydroxylation is 3. The highest BCUT2D eigenvalue weighted by Crippen LogP contribution is 2.14. The summed E-state index contributed by atoms with van der Waals surface area (Å²) >= 11 is 0. The number of nitrogens with zero attached hydrogens (tertiary/aromatic N) is 1. The van der Waals surface area contributed by atoms with Crippen molar-refractivity contribution in [3.05, 3.63) is 64.2 Å². The minimum Gasteiger partial charge on any atom is -0.484 e. The summed E-state index contributed by atoms with van der Waals surface area (Å²) in [6.45, 7) is 8.20. The Labute approximate surface area is 165 Å². The van der Waals surface area contributed by atoms with Crippen LogP contribution in [0, 0.1) is 20.8 Å². The maximum Gasteiger partial charge on any atom is 0.338 e. The molecule has 0 spiro atoms. The molecule has 2 rings (SSSR count). The van der Waals surface area contributed by atoms with Gasteiger partial charge >= 0.3 is 5.97 Å². The Balaban J connectivity index is 1.83. The van der Waals surface area contributed by atoms with Gasteiger partial charge in [0.2, 0.25) is 0 Å². The van der Waals surface area contributed by atoms with Crippen LogP contribution in [-0.4, -0.2) is 31.3 Å². The van der Waals surface area contributed by atoms with Crippen molar-refractivity contribution in [2.75, 3.05) is 13.2 Å². The van der Waals surface area contributed by atoms with E-state index in [1.807, 2.05) is 27.7 Å². The number of hydrazone groups is 1. The summed E-state index contributed by atoms with van der Waals surface area (Å²) in [6, 6.07) is 10.6. The van der Waals surface area contributed by atoms with E-state index in [1.165, 1.54) is 5.56 Å². The largest absolute Gasteiger partial charge is 0.484 e. The zero-order valence-corrected chi connectivity index (χ0v) is 16.7. The standard InChI is InChI=1S/C22H26N2O4/c1-5-10-27-22(26)18-6-8-19(9-7-18)28-14-21(25)24-23-13-20-16(3)11-15(2)12-17(20)4/h6-9,11-13H,5,10,14H2,1-4H3,(H,24,25)/b23-13+. The normalized spacial score (nSPS) is 10.7. The second kappa shape index (κ2) is 10.3. The Bertz CT molecular complexity index is 834. The summed E-state index contributed by atoms with van der Waals surface area (Å²) in [5.74, 6) is -0.260. The van der Waals surface area contributed by atoms with Crippen LogP contribution in [0.1, 0.15) is 46.0 Å². The lowest BCUT2D eigenvalue weighted by atomic mass is 10.0. The third-order valence-electron chi connectivity index (χ3n) is 4.02. The van der Waals surface area contributed by atoms with Gasteiger partial charge in [0.1, 0.15) is 5.75 Å². The second-order valence-corrected chi connectivity index (χ2v) is 6.55. The molecule has 2 aromatic rings. The summed E-state index contributed by atoms with van der Waals surface area (Å²) in [5, 5.41) is 4.01. The molecule has 0 saturated heterocycles. The van der Waals surface area contributed by atoms with E-state index in [0.717, 1.165) is 23.1 Å². The molecular weight excluding hydrogens is 356 g/mol. The molecule has 2 aromatic carbocycles. The van der Waals surface area contributed by atoms with Crippen molar-refractivity contribution in [2.45, 2.75) is 34.1 Å². The molecule has 0 radical (unpaired) electrons. The Morgan fingerprint density at radius 1 is 1.07 bits per heavy atom. The van der Waals surface area contributed by atoms with Crippen molar-refractivity contribution in [1.29, 1.82) is 0 Å². The molecule has 6 heteroatoms. The first-order chi connectivity index (χ1) is 13.4. The first-order valence-electron chi connectivity index (χ1n) is 9.20. The van der Waals surface area contributed by atoms with Crippen LogP contribution >= 0.6 is 0 Å². The van der Waals surface area contributed by atoms with Gasteiger partial charge in [0.05, 0.1) is 18.4 Å². The summed E-state index contributed by atoms with van der Waals surface area (Å²) < 4.78 is 10.5. The highest BCUT2D eigenvalue weighted by atomic mass is 16.5. The van der Waals surface area contributed by atoms with Crippen molar-refractivity contribution >= 4 is 18.1 Å². The van der Waals surface area contributed by atoms with Gasteiger partial charge in [-0.3, -0.25) is 4.79 Å². The van der Waals surface area contributed by atoms with Crippen LogP contribution in [0.25, 0.3) is 0 Å². The lowest BCUT2D eigenvalue weighted by Crippen LogP contribution is -2.24. The topological polar surface area (TPSA) is 77.0 Å². The lowest BCUT2D eigenvalue weighted by molar-refractivity contribution is -0.123. The second-order valence-electron chi connectivity index (χ2n) is 6.55. The first-order valence-corrected chi connectivity index (χ1v) is 9.20. The summed E-state index contributed by atoms with van der Waals surface area (Å²) in [6.07, 6.45) is 2.41. The van der Waals surface area contributed by atoms with Crippen LogP contribution in [0.4, 0.5) is 0 Å². The van der Waals surface area contributed by atoms with Gasteiger partial charge < -0.3 is 9.47 Å². The third kappa shape index (κ3) is 6.23. The molecule has 0 atom stereocenters. The lowest BCUT2D eigenvalue weighted by Gasteiger charge is -2.08. The molecular formula is C22H26N2O4. The molecule has 0 heterocycles. The van der Waals surface area contributed by atoms with E-state index < -0.39 is 0 Å². The monoisotopic (exact) mass is 382 g/mol. The number of hydrogen-bond donors (Lipinski definition) is 1. The van der Waals surface area contributed by atoms with Crippen LogP contribution in [0.3, 0.4) is 0 Å². The van der Waals surface area contributed by atoms with Crippen LogP contribution in [0.5, 0.6) is 5.75 Å². The van der Waals surface area contributed by atoms with Crippen molar-refractivity contribution in [3.8, 4) is 5.75 Å². The van der Waals surface area contributed by atoms with Crippen molar-refractivity contribution in [3.63, 3.8) is 0 Å². The van der Waals surface area contributed by atoms with Gasteiger partial charge in [-0.25, -0.2) is 10.2 Å². The van der Waals surface area contributed by atoms with Gasteiger partial charge in [0.25, 0.3) is 5.91 Å². The zero-order chi connectivity index (χ0) is 20.5. The molecule has 0 saturated carbocycles. The average Bonchev–Trinajstić information content (AvgIpc) is 2.66. The Hall–Kier alpha value is -3.15. The van der Waals surface area contributed by atoms with E-state index in [4.69, 9.17) is 9.47 Å². The van der Waals surface area contributed by atoms with Crippen molar-refractivity contribution < 1.29 is 19.1 Å². The fraction of sp³-hybridized carbons (Fsp3) is 0.318. The molecule has 0 aliphatic rings. The Kier molecular flexibility index (Phi) is 7.75. The van der Waals surface area contributed by atoms with Gasteiger partial charge in [-0.1, -0.05) is 24.6 Å². The van der Waals surface area contributed by atoms with E-state index in [9.17, 15) is 9.59 Å². The number of benzene rings is 2. The molecule has 0 aromatic heterocycles. The maximum atomic E-state index is 11.9. The van der Waals surface area contributed by atoms with E-state index in [0.29, 0.717) is 17.9 Å². The van der Waals surface area contributed by atoms with Crippen molar-refractivity contribution in [2.24, 2.45) is 5.10 Å². The quantitative estimate of drug-likeness (QED) is 0.429. The summed E-state index contributed by atoms with van der Waals surface area (Å²) in [7, 11) is 0. The maximum absolute atomic E-state index is 11.9. The predicted octanol–water partition coefficient (Wildman–Crippen LogP) is 3.71. The van der Waals surface area contributed by atoms with E-state index in [1.54, 1.807) is 30.5 Å². The number of carbonyl (C=O) groups is 2. The molecule has 28 heavy (non-hydrogen) atoms. The molecule has 0 aliphatic carbocycles. The molecule has 148 valence electrons. The molecule has 0 bridgehead atoms. The van der Waals surface area contributed by atoms with Crippen LogP contribution in [-0.2, 0) is 9.53 Å². The van der Waals surface area contributed by atoms with Gasteiger partial charge in [-0.15, -0.1) is 0 Å². The van der Waals surface area contributed by atoms with Gasteiger partial charge in [0.15, 0.2) is 6.61 Å². The number of ether oxygens (including phenoxy) is 2. The number of hydrogen-bond acceptors (Lipinski definition) is 5. The summed E-state index contributed by atoms with van der Waals surface area (Å²) in [4.78, 5) is 23.6. The van der Waals surface area contributed by atoms with Crippen molar-refractivity contribution in [1.82, 2.24) is 5.43 Å². The van der Waals surface area contributed by atoms with E-state index >= 15 is 0 Å². The molecule has 1 N–H and O–H groups in total. The van der Waals surface area contributed by atoms with E-state index in [-0.39, 0.29) is 18.5 Å². The first kappa shape index (κ1) is 21.2. The van der Waals surface area contributed by atoms with Gasteiger partial charge in [-0.05, 0) is 62.6 Å². The minimum absolute atomic E-state index is 0.178. The van der Waals surface area contributed by atoms with Gasteiger partial charge in [0, 0.05) is 5.56 Å².